The molecule has 1 aromatic carbocycles. The first-order valence-corrected chi connectivity index (χ1v) is 6.57. The maximum absolute atomic E-state index is 5.98. The van der Waals surface area contributed by atoms with Gasteiger partial charge in [-0.3, -0.25) is 0 Å². The highest BCUT2D eigenvalue weighted by molar-refractivity contribution is 5.55. The van der Waals surface area contributed by atoms with Crippen LogP contribution in [0.3, 0.4) is 0 Å². The topological polar surface area (TPSA) is 25.4 Å². The molecule has 0 N–H and O–H groups in total. The summed E-state index contributed by atoms with van der Waals surface area (Å²) in [6.45, 7) is 5.92. The van der Waals surface area contributed by atoms with Gasteiger partial charge >= 0.3 is 0 Å². The Morgan fingerprint density at radius 3 is 2.74 bits per heavy atom. The van der Waals surface area contributed by atoms with Crippen LogP contribution >= 0.6 is 0 Å². The van der Waals surface area contributed by atoms with E-state index in [1.807, 2.05) is 24.4 Å². The molecule has 2 heterocycles. The van der Waals surface area contributed by atoms with Crippen molar-refractivity contribution < 1.29 is 4.74 Å². The Kier molecular flexibility index (Phi) is 2.90. The predicted molar refractivity (Wildman–Crippen MR) is 76.4 cm³/mol. The lowest BCUT2D eigenvalue weighted by molar-refractivity contribution is 0.103. The van der Waals surface area contributed by atoms with E-state index in [0.717, 1.165) is 24.7 Å². The first-order valence-electron chi connectivity index (χ1n) is 6.57. The van der Waals surface area contributed by atoms with E-state index in [2.05, 4.69) is 48.0 Å². The normalized spacial score (nSPS) is 16.6. The summed E-state index contributed by atoms with van der Waals surface area (Å²) in [5.74, 6) is 1.81. The fourth-order valence-electron chi connectivity index (χ4n) is 2.50. The average Bonchev–Trinajstić information content (AvgIpc) is 2.38. The number of pyridine rings is 1. The summed E-state index contributed by atoms with van der Waals surface area (Å²) >= 11 is 0. The van der Waals surface area contributed by atoms with Crippen LogP contribution in [0, 0.1) is 0 Å². The number of fused-ring (bicyclic) bond motifs is 1. The van der Waals surface area contributed by atoms with Crippen LogP contribution < -0.4 is 9.64 Å². The molecule has 0 saturated heterocycles. The zero-order valence-electron chi connectivity index (χ0n) is 11.3. The Morgan fingerprint density at radius 1 is 1.16 bits per heavy atom. The largest absolute Gasteiger partial charge is 0.482 e. The van der Waals surface area contributed by atoms with Crippen molar-refractivity contribution in [3.05, 3.63) is 54.2 Å². The molecule has 19 heavy (non-hydrogen) atoms. The average molecular weight is 254 g/mol. The molecule has 0 spiro atoms. The third-order valence-corrected chi connectivity index (χ3v) is 3.22. The molecule has 0 unspecified atom stereocenters. The summed E-state index contributed by atoms with van der Waals surface area (Å²) in [6.07, 6.45) is 1.82. The molecular weight excluding hydrogens is 236 g/mol. The van der Waals surface area contributed by atoms with Crippen LogP contribution in [0.1, 0.15) is 19.4 Å². The van der Waals surface area contributed by atoms with Crippen LogP contribution in [0.2, 0.25) is 0 Å². The minimum absolute atomic E-state index is 0.190. The third-order valence-electron chi connectivity index (χ3n) is 3.22. The summed E-state index contributed by atoms with van der Waals surface area (Å²) in [6, 6.07) is 14.4. The minimum Gasteiger partial charge on any atom is -0.482 e. The van der Waals surface area contributed by atoms with Gasteiger partial charge in [0.2, 0.25) is 0 Å². The van der Waals surface area contributed by atoms with E-state index in [1.165, 1.54) is 5.56 Å². The van der Waals surface area contributed by atoms with Gasteiger partial charge in [-0.25, -0.2) is 4.98 Å². The van der Waals surface area contributed by atoms with Crippen LogP contribution in [-0.4, -0.2) is 17.1 Å². The number of benzene rings is 1. The maximum atomic E-state index is 5.98. The monoisotopic (exact) mass is 254 g/mol. The third kappa shape index (κ3) is 2.55. The molecule has 0 aliphatic carbocycles. The van der Waals surface area contributed by atoms with E-state index >= 15 is 0 Å². The van der Waals surface area contributed by atoms with Gasteiger partial charge in [-0.2, -0.15) is 0 Å². The van der Waals surface area contributed by atoms with Crippen molar-refractivity contribution in [2.75, 3.05) is 11.4 Å². The molecule has 98 valence electrons. The zero-order valence-corrected chi connectivity index (χ0v) is 11.3. The Labute approximate surface area is 113 Å². The van der Waals surface area contributed by atoms with Gasteiger partial charge < -0.3 is 9.64 Å². The van der Waals surface area contributed by atoms with Gasteiger partial charge in [0.25, 0.3) is 0 Å². The van der Waals surface area contributed by atoms with Crippen molar-refractivity contribution >= 4 is 5.82 Å². The lowest BCUT2D eigenvalue weighted by atomic mass is 10.1. The highest BCUT2D eigenvalue weighted by Gasteiger charge is 2.32. The van der Waals surface area contributed by atoms with Crippen molar-refractivity contribution in [3.63, 3.8) is 0 Å². The Morgan fingerprint density at radius 2 is 1.95 bits per heavy atom. The van der Waals surface area contributed by atoms with Crippen LogP contribution in [0.25, 0.3) is 0 Å². The molecule has 1 aliphatic rings. The van der Waals surface area contributed by atoms with Crippen molar-refractivity contribution in [1.29, 1.82) is 0 Å². The fourth-order valence-corrected chi connectivity index (χ4v) is 2.50. The Hall–Kier alpha value is -2.03. The second-order valence-corrected chi connectivity index (χ2v) is 5.53. The van der Waals surface area contributed by atoms with Crippen LogP contribution in [0.4, 0.5) is 5.82 Å². The summed E-state index contributed by atoms with van der Waals surface area (Å²) < 4.78 is 5.98. The second kappa shape index (κ2) is 4.57. The molecule has 0 atom stereocenters. The minimum atomic E-state index is -0.190. The number of ether oxygens (including phenoxy) is 1. The van der Waals surface area contributed by atoms with E-state index in [0.29, 0.717) is 0 Å². The SMILES string of the molecule is CC1(C)CN(Cc2ccccc2)c2ncccc2O1. The summed E-state index contributed by atoms with van der Waals surface area (Å²) in [7, 11) is 0. The van der Waals surface area contributed by atoms with Crippen molar-refractivity contribution in [2.45, 2.75) is 26.0 Å². The van der Waals surface area contributed by atoms with E-state index in [4.69, 9.17) is 4.74 Å². The Balaban J connectivity index is 1.93. The molecule has 0 radical (unpaired) electrons. The van der Waals surface area contributed by atoms with Gasteiger partial charge in [-0.1, -0.05) is 30.3 Å². The molecule has 2 aromatic rings. The second-order valence-electron chi connectivity index (χ2n) is 5.53. The smallest absolute Gasteiger partial charge is 0.171 e. The van der Waals surface area contributed by atoms with E-state index in [-0.39, 0.29) is 5.60 Å². The maximum Gasteiger partial charge on any atom is 0.171 e. The van der Waals surface area contributed by atoms with Gasteiger partial charge in [0, 0.05) is 12.7 Å². The summed E-state index contributed by atoms with van der Waals surface area (Å²) in [5, 5.41) is 0. The van der Waals surface area contributed by atoms with E-state index < -0.39 is 0 Å². The lowest BCUT2D eigenvalue weighted by Gasteiger charge is -2.40. The van der Waals surface area contributed by atoms with E-state index in [1.54, 1.807) is 0 Å². The molecule has 3 heteroatoms. The van der Waals surface area contributed by atoms with Gasteiger partial charge in [0.15, 0.2) is 11.6 Å². The quantitative estimate of drug-likeness (QED) is 0.822. The molecule has 0 fully saturated rings. The first-order chi connectivity index (χ1) is 9.14. The molecule has 1 aromatic heterocycles. The molecule has 1 aliphatic heterocycles. The van der Waals surface area contributed by atoms with Crippen LogP contribution in [0.5, 0.6) is 5.75 Å². The van der Waals surface area contributed by atoms with Crippen molar-refractivity contribution in [2.24, 2.45) is 0 Å². The van der Waals surface area contributed by atoms with Gasteiger partial charge in [-0.15, -0.1) is 0 Å². The number of anilines is 1. The van der Waals surface area contributed by atoms with Crippen LogP contribution in [0.15, 0.2) is 48.7 Å². The summed E-state index contributed by atoms with van der Waals surface area (Å²) in [4.78, 5) is 6.75. The van der Waals surface area contributed by atoms with Gasteiger partial charge in [-0.05, 0) is 31.5 Å². The predicted octanol–water partition coefficient (Wildman–Crippen LogP) is 3.26. The first kappa shape index (κ1) is 12.0. The highest BCUT2D eigenvalue weighted by Crippen LogP contribution is 2.35. The van der Waals surface area contributed by atoms with E-state index in [9.17, 15) is 0 Å². The number of aromatic nitrogens is 1. The highest BCUT2D eigenvalue weighted by atomic mass is 16.5. The number of nitrogens with zero attached hydrogens (tertiary/aromatic N) is 2. The molecule has 0 saturated carbocycles. The molecule has 3 rings (SSSR count). The zero-order chi connectivity index (χ0) is 13.3. The Bertz CT molecular complexity index is 566. The van der Waals surface area contributed by atoms with Crippen molar-refractivity contribution in [1.82, 2.24) is 4.98 Å². The van der Waals surface area contributed by atoms with Gasteiger partial charge in [0.05, 0.1) is 6.54 Å². The number of rotatable bonds is 2. The lowest BCUT2D eigenvalue weighted by Crippen LogP contribution is -2.46. The standard InChI is InChI=1S/C16H18N2O/c1-16(2)12-18(11-13-7-4-3-5-8-13)15-14(19-16)9-6-10-17-15/h3-10H,11-12H2,1-2H3. The number of hydrogen-bond acceptors (Lipinski definition) is 3. The van der Waals surface area contributed by atoms with Crippen LogP contribution in [-0.2, 0) is 6.54 Å². The summed E-state index contributed by atoms with van der Waals surface area (Å²) in [5.41, 5.74) is 1.10. The molecule has 3 nitrogen and oxygen atoms in total. The molecule has 0 amide bonds. The van der Waals surface area contributed by atoms with Crippen molar-refractivity contribution in [3.8, 4) is 5.75 Å². The van der Waals surface area contributed by atoms with Gasteiger partial charge in [0.1, 0.15) is 5.60 Å². The fraction of sp³-hybridized carbons (Fsp3) is 0.312. The molecular formula is C16H18N2O. The number of hydrogen-bond donors (Lipinski definition) is 0. The molecule has 0 bridgehead atoms.